The molecule has 1 N–H and O–H groups in total. The minimum Gasteiger partial charge on any atom is -0.307 e. The Bertz CT molecular complexity index is 397. The van der Waals surface area contributed by atoms with Gasteiger partial charge in [-0.2, -0.15) is 0 Å². The number of hydrogen-bond acceptors (Lipinski definition) is 3. The summed E-state index contributed by atoms with van der Waals surface area (Å²) in [6.45, 7) is 5.55. The lowest BCUT2D eigenvalue weighted by molar-refractivity contribution is 0.395. The topological polar surface area (TPSA) is 37.8 Å². The van der Waals surface area contributed by atoms with E-state index in [0.717, 1.165) is 12.4 Å². The van der Waals surface area contributed by atoms with Crippen LogP contribution in [0.25, 0.3) is 0 Å². The van der Waals surface area contributed by atoms with E-state index in [1.807, 2.05) is 0 Å². The van der Waals surface area contributed by atoms with Crippen LogP contribution >= 0.6 is 0 Å². The molecular formula is C15H23N3. The van der Waals surface area contributed by atoms with Crippen LogP contribution in [0.2, 0.25) is 0 Å². The average molecular weight is 245 g/mol. The molecule has 1 saturated heterocycles. The summed E-state index contributed by atoms with van der Waals surface area (Å²) in [6.07, 6.45) is 6.39. The van der Waals surface area contributed by atoms with Crippen molar-refractivity contribution in [1.82, 2.24) is 15.3 Å². The SMILES string of the molecule is CC(C)c1cc(C2CC2)nc(C2CCCCN2)n1. The minimum absolute atomic E-state index is 0.384. The second kappa shape index (κ2) is 4.96. The van der Waals surface area contributed by atoms with Gasteiger partial charge in [0, 0.05) is 17.3 Å². The van der Waals surface area contributed by atoms with Gasteiger partial charge in [-0.15, -0.1) is 0 Å². The number of piperidine rings is 1. The maximum atomic E-state index is 4.83. The third kappa shape index (κ3) is 2.56. The van der Waals surface area contributed by atoms with Gasteiger partial charge in [0.25, 0.3) is 0 Å². The second-order valence-electron chi connectivity index (χ2n) is 6.01. The van der Waals surface area contributed by atoms with Crippen molar-refractivity contribution < 1.29 is 0 Å². The lowest BCUT2D eigenvalue weighted by Crippen LogP contribution is -2.29. The molecule has 1 atom stereocenters. The summed E-state index contributed by atoms with van der Waals surface area (Å²) >= 11 is 0. The first-order valence-electron chi connectivity index (χ1n) is 7.36. The number of aromatic nitrogens is 2. The summed E-state index contributed by atoms with van der Waals surface area (Å²) in [5, 5.41) is 3.56. The standard InChI is InChI=1S/C15H23N3/c1-10(2)13-9-14(11-6-7-11)18-15(17-13)12-5-3-4-8-16-12/h9-12,16H,3-8H2,1-2H3. The van der Waals surface area contributed by atoms with Crippen LogP contribution in [0.4, 0.5) is 0 Å². The van der Waals surface area contributed by atoms with Crippen molar-refractivity contribution in [2.45, 2.75) is 63.8 Å². The zero-order valence-corrected chi connectivity index (χ0v) is 11.4. The summed E-state index contributed by atoms with van der Waals surface area (Å²) in [7, 11) is 0. The first kappa shape index (κ1) is 12.1. The molecule has 1 aliphatic heterocycles. The molecule has 0 amide bonds. The van der Waals surface area contributed by atoms with Crippen molar-refractivity contribution in [3.05, 3.63) is 23.3 Å². The minimum atomic E-state index is 0.384. The predicted octanol–water partition coefficient (Wildman–Crippen LogP) is 3.29. The highest BCUT2D eigenvalue weighted by molar-refractivity contribution is 5.22. The highest BCUT2D eigenvalue weighted by atomic mass is 15.0. The molecule has 1 unspecified atom stereocenters. The number of nitrogens with one attached hydrogen (secondary N) is 1. The Morgan fingerprint density at radius 2 is 2.00 bits per heavy atom. The zero-order chi connectivity index (χ0) is 12.5. The van der Waals surface area contributed by atoms with Crippen LogP contribution < -0.4 is 5.32 Å². The van der Waals surface area contributed by atoms with E-state index in [9.17, 15) is 0 Å². The molecule has 2 fully saturated rings. The van der Waals surface area contributed by atoms with Gasteiger partial charge in [-0.25, -0.2) is 9.97 Å². The largest absolute Gasteiger partial charge is 0.307 e. The molecule has 3 nitrogen and oxygen atoms in total. The molecule has 18 heavy (non-hydrogen) atoms. The molecule has 2 heterocycles. The van der Waals surface area contributed by atoms with E-state index in [4.69, 9.17) is 9.97 Å². The fourth-order valence-electron chi connectivity index (χ4n) is 2.62. The smallest absolute Gasteiger partial charge is 0.145 e. The van der Waals surface area contributed by atoms with Gasteiger partial charge in [0.2, 0.25) is 0 Å². The Morgan fingerprint density at radius 3 is 2.61 bits per heavy atom. The Morgan fingerprint density at radius 1 is 1.17 bits per heavy atom. The quantitative estimate of drug-likeness (QED) is 0.888. The third-order valence-corrected chi connectivity index (χ3v) is 3.99. The number of rotatable bonds is 3. The monoisotopic (exact) mass is 245 g/mol. The van der Waals surface area contributed by atoms with Gasteiger partial charge in [0.15, 0.2) is 0 Å². The van der Waals surface area contributed by atoms with Crippen LogP contribution in [-0.2, 0) is 0 Å². The van der Waals surface area contributed by atoms with Crippen LogP contribution in [0.15, 0.2) is 6.07 Å². The zero-order valence-electron chi connectivity index (χ0n) is 11.4. The lowest BCUT2D eigenvalue weighted by atomic mass is 10.0. The molecule has 1 aliphatic carbocycles. The van der Waals surface area contributed by atoms with E-state index in [0.29, 0.717) is 17.9 Å². The summed E-state index contributed by atoms with van der Waals surface area (Å²) in [4.78, 5) is 9.62. The third-order valence-electron chi connectivity index (χ3n) is 3.99. The molecule has 0 bridgehead atoms. The molecule has 1 aromatic heterocycles. The van der Waals surface area contributed by atoms with Crippen molar-refractivity contribution in [2.24, 2.45) is 0 Å². The summed E-state index contributed by atoms with van der Waals surface area (Å²) in [5.41, 5.74) is 2.50. The molecular weight excluding hydrogens is 222 g/mol. The fourth-order valence-corrected chi connectivity index (χ4v) is 2.62. The maximum Gasteiger partial charge on any atom is 0.145 e. The summed E-state index contributed by atoms with van der Waals surface area (Å²) in [5.74, 6) is 2.25. The van der Waals surface area contributed by atoms with Crippen LogP contribution in [0.1, 0.15) is 81.0 Å². The van der Waals surface area contributed by atoms with Gasteiger partial charge in [0.05, 0.1) is 6.04 Å². The van der Waals surface area contributed by atoms with Crippen LogP contribution in [0.3, 0.4) is 0 Å². The normalized spacial score (nSPS) is 24.5. The van der Waals surface area contributed by atoms with Crippen LogP contribution in [-0.4, -0.2) is 16.5 Å². The molecule has 1 aromatic rings. The molecule has 2 aliphatic rings. The molecule has 98 valence electrons. The van der Waals surface area contributed by atoms with E-state index in [1.165, 1.54) is 43.5 Å². The number of nitrogens with zero attached hydrogens (tertiary/aromatic N) is 2. The first-order chi connectivity index (χ1) is 8.74. The van der Waals surface area contributed by atoms with Gasteiger partial charge in [-0.3, -0.25) is 0 Å². The predicted molar refractivity (Wildman–Crippen MR) is 72.7 cm³/mol. The van der Waals surface area contributed by atoms with Crippen molar-refractivity contribution >= 4 is 0 Å². The Labute approximate surface area is 109 Å². The summed E-state index contributed by atoms with van der Waals surface area (Å²) < 4.78 is 0. The fraction of sp³-hybridized carbons (Fsp3) is 0.733. The first-order valence-corrected chi connectivity index (χ1v) is 7.36. The van der Waals surface area contributed by atoms with Gasteiger partial charge in [-0.1, -0.05) is 20.3 Å². The van der Waals surface area contributed by atoms with E-state index < -0.39 is 0 Å². The maximum absolute atomic E-state index is 4.83. The van der Waals surface area contributed by atoms with Crippen LogP contribution in [0.5, 0.6) is 0 Å². The molecule has 0 radical (unpaired) electrons. The summed E-state index contributed by atoms with van der Waals surface area (Å²) in [6, 6.07) is 2.62. The van der Waals surface area contributed by atoms with Gasteiger partial charge < -0.3 is 5.32 Å². The van der Waals surface area contributed by atoms with Crippen molar-refractivity contribution in [1.29, 1.82) is 0 Å². The Hall–Kier alpha value is -0.960. The second-order valence-corrected chi connectivity index (χ2v) is 6.01. The van der Waals surface area contributed by atoms with E-state index in [2.05, 4.69) is 25.2 Å². The lowest BCUT2D eigenvalue weighted by Gasteiger charge is -2.23. The molecule has 0 spiro atoms. The van der Waals surface area contributed by atoms with E-state index in [-0.39, 0.29) is 0 Å². The number of hydrogen-bond donors (Lipinski definition) is 1. The highest BCUT2D eigenvalue weighted by Crippen LogP contribution is 2.40. The Balaban J connectivity index is 1.91. The molecule has 3 rings (SSSR count). The van der Waals surface area contributed by atoms with Crippen LogP contribution in [0, 0.1) is 0 Å². The highest BCUT2D eigenvalue weighted by Gasteiger charge is 2.28. The van der Waals surface area contributed by atoms with Crippen molar-refractivity contribution in [2.75, 3.05) is 6.54 Å². The van der Waals surface area contributed by atoms with Gasteiger partial charge in [0.1, 0.15) is 5.82 Å². The van der Waals surface area contributed by atoms with E-state index >= 15 is 0 Å². The molecule has 3 heteroatoms. The van der Waals surface area contributed by atoms with Gasteiger partial charge >= 0.3 is 0 Å². The molecule has 0 aromatic carbocycles. The Kier molecular flexibility index (Phi) is 3.33. The average Bonchev–Trinajstić information content (AvgIpc) is 3.23. The van der Waals surface area contributed by atoms with Crippen molar-refractivity contribution in [3.8, 4) is 0 Å². The molecule has 1 saturated carbocycles. The van der Waals surface area contributed by atoms with Crippen molar-refractivity contribution in [3.63, 3.8) is 0 Å². The van der Waals surface area contributed by atoms with E-state index in [1.54, 1.807) is 0 Å². The van der Waals surface area contributed by atoms with Gasteiger partial charge in [-0.05, 0) is 44.2 Å².